The van der Waals surface area contributed by atoms with Crippen LogP contribution in [0.4, 0.5) is 0 Å². The minimum absolute atomic E-state index is 0.0689. The highest BCUT2D eigenvalue weighted by atomic mass is 16.4. The Morgan fingerprint density at radius 2 is 0.843 bits per heavy atom. The molecule has 0 aliphatic carbocycles. The molecule has 25 nitrogen and oxygen atoms in total. The lowest BCUT2D eigenvalue weighted by atomic mass is 9.96. The normalized spacial score (nSPS) is 15.8. The molecule has 70 heavy (non-hydrogen) atoms. The Kier molecular flexibility index (Phi) is 28.8. The van der Waals surface area contributed by atoms with Crippen molar-refractivity contribution in [1.29, 1.82) is 0 Å². The minimum Gasteiger partial charge on any atom is -0.481 e. The Labute approximate surface area is 409 Å². The fourth-order valence-electron chi connectivity index (χ4n) is 6.58. The Hall–Kier alpha value is -6.40. The van der Waals surface area contributed by atoms with Gasteiger partial charge in [-0.2, -0.15) is 0 Å². The molecule has 11 unspecified atom stereocenters. The van der Waals surface area contributed by atoms with Crippen LogP contribution in [0.3, 0.4) is 0 Å². The number of carboxylic acid groups (broad SMARTS) is 2. The maximum Gasteiger partial charge on any atom is 0.325 e. The first-order valence-corrected chi connectivity index (χ1v) is 23.5. The van der Waals surface area contributed by atoms with Crippen molar-refractivity contribution in [3.63, 3.8) is 0 Å². The molecule has 0 saturated carbocycles. The molecule has 10 amide bonds. The second kappa shape index (κ2) is 31.7. The summed E-state index contributed by atoms with van der Waals surface area (Å²) in [6, 6.07) is -10.2. The molecule has 25 heteroatoms. The van der Waals surface area contributed by atoms with E-state index in [-0.39, 0.29) is 31.1 Å². The third kappa shape index (κ3) is 24.2. The zero-order chi connectivity index (χ0) is 54.2. The van der Waals surface area contributed by atoms with E-state index >= 15 is 0 Å². The molecule has 0 aromatic carbocycles. The van der Waals surface area contributed by atoms with Gasteiger partial charge in [-0.25, -0.2) is 0 Å². The third-order valence-corrected chi connectivity index (χ3v) is 11.0. The van der Waals surface area contributed by atoms with Crippen molar-refractivity contribution >= 4 is 71.0 Å². The molecule has 0 aliphatic rings. The second-order valence-corrected chi connectivity index (χ2v) is 18.4. The number of amides is 10. The summed E-state index contributed by atoms with van der Waals surface area (Å²) in [5.41, 5.74) is 0. The van der Waals surface area contributed by atoms with Crippen LogP contribution in [0.25, 0.3) is 0 Å². The molecule has 0 aromatic rings. The number of carboxylic acids is 2. The zero-order valence-electron chi connectivity index (χ0n) is 42.4. The maximum atomic E-state index is 13.7. The van der Waals surface area contributed by atoms with E-state index in [0.29, 0.717) is 12.8 Å². The number of aliphatic carboxylic acids is 2. The summed E-state index contributed by atoms with van der Waals surface area (Å²) in [7, 11) is 0. The van der Waals surface area contributed by atoms with E-state index < -0.39 is 157 Å². The quantitative estimate of drug-likeness (QED) is 0.0336. The zero-order valence-corrected chi connectivity index (χ0v) is 42.4. The predicted molar refractivity (Wildman–Crippen MR) is 252 cm³/mol. The number of nitrogens with one attached hydrogen (secondary N) is 10. The van der Waals surface area contributed by atoms with Gasteiger partial charge in [0.25, 0.3) is 0 Å². The first kappa shape index (κ1) is 63.6. The van der Waals surface area contributed by atoms with Crippen LogP contribution in [-0.4, -0.2) is 154 Å². The molecule has 0 fully saturated rings. The van der Waals surface area contributed by atoms with Crippen LogP contribution in [0.2, 0.25) is 0 Å². The van der Waals surface area contributed by atoms with Crippen molar-refractivity contribution in [3.05, 3.63) is 0 Å². The number of carbonyl (C=O) groups is 12. The smallest absolute Gasteiger partial charge is 0.325 e. The van der Waals surface area contributed by atoms with Crippen LogP contribution in [0.5, 0.6) is 0 Å². The Morgan fingerprint density at radius 1 is 0.443 bits per heavy atom. The molecule has 0 aliphatic heterocycles. The molecule has 0 heterocycles. The molecular formula is C45H78N10O15. The van der Waals surface area contributed by atoms with Crippen molar-refractivity contribution in [1.82, 2.24) is 53.2 Å². The largest absolute Gasteiger partial charge is 0.481 e. The van der Waals surface area contributed by atoms with E-state index in [4.69, 9.17) is 5.11 Å². The summed E-state index contributed by atoms with van der Waals surface area (Å²) in [5, 5.41) is 52.9. The molecule has 13 N–H and O–H groups in total. The molecule has 0 saturated heterocycles. The van der Waals surface area contributed by atoms with Crippen LogP contribution in [-0.2, 0) is 57.5 Å². The number of aliphatic hydroxyl groups excluding tert-OH is 1. The molecule has 0 rings (SSSR count). The van der Waals surface area contributed by atoms with Gasteiger partial charge in [0, 0.05) is 13.3 Å². The van der Waals surface area contributed by atoms with Gasteiger partial charge in [0.05, 0.1) is 19.2 Å². The number of rotatable bonds is 32. The van der Waals surface area contributed by atoms with E-state index in [1.54, 1.807) is 55.4 Å². The molecule has 0 radical (unpaired) electrons. The second-order valence-electron chi connectivity index (χ2n) is 18.4. The van der Waals surface area contributed by atoms with Crippen LogP contribution in [0.1, 0.15) is 122 Å². The maximum absolute atomic E-state index is 13.7. The van der Waals surface area contributed by atoms with Crippen molar-refractivity contribution in [3.8, 4) is 0 Å². The molecular weight excluding hydrogens is 921 g/mol. The van der Waals surface area contributed by atoms with Gasteiger partial charge in [-0.3, -0.25) is 57.5 Å². The molecule has 0 aromatic heterocycles. The SMILES string of the molecule is CCC(C)C(NC(=O)CNC(=O)C(C)NC(=O)C(CC(C)C)NC(=O)C(CCC(=O)O)NC(C)=O)C(=O)NCC(=O)NC(C(=O)NC(CC(C)C)C(=O)NC(C(=O)NC(C)C(=O)O)C(C)O)C(C)CC. The monoisotopic (exact) mass is 999 g/mol. The van der Waals surface area contributed by atoms with Crippen LogP contribution in [0.15, 0.2) is 0 Å². The molecule has 0 bridgehead atoms. The van der Waals surface area contributed by atoms with Gasteiger partial charge in [-0.05, 0) is 63.7 Å². The highest BCUT2D eigenvalue weighted by Gasteiger charge is 2.35. The number of hydrogen-bond acceptors (Lipinski definition) is 13. The van der Waals surface area contributed by atoms with E-state index in [1.807, 2.05) is 0 Å². The van der Waals surface area contributed by atoms with E-state index in [2.05, 4.69) is 53.2 Å². The molecule has 398 valence electrons. The minimum atomic E-state index is -1.57. The summed E-state index contributed by atoms with van der Waals surface area (Å²) in [6.45, 7) is 17.5. The standard InChI is InChI=1S/C45H78N10O15/c1-13-23(7)35(53-32(58)19-46-38(62)25(9)48-40(64)30(17-21(3)4)51-39(63)29(50-28(12)57)15-16-34(60)61)42(66)47-20-33(59)54-36(24(8)14-2)43(67)52-31(18-22(5)6)41(65)55-37(27(11)56)44(68)49-26(10)45(69)70/h21-27,29-31,35-37,56H,13-20H2,1-12H3,(H,46,62)(H,47,66)(H,48,64)(H,49,68)(H,50,57)(H,51,63)(H,52,67)(H,53,58)(H,54,59)(H,55,65)(H,60,61)(H,69,70). The average Bonchev–Trinajstić information content (AvgIpc) is 3.26. The highest BCUT2D eigenvalue weighted by Crippen LogP contribution is 2.13. The Bertz CT molecular complexity index is 1840. The third-order valence-electron chi connectivity index (χ3n) is 11.0. The first-order valence-electron chi connectivity index (χ1n) is 23.5. The van der Waals surface area contributed by atoms with Gasteiger partial charge < -0.3 is 68.5 Å². The summed E-state index contributed by atoms with van der Waals surface area (Å²) >= 11 is 0. The van der Waals surface area contributed by atoms with Crippen LogP contribution in [0, 0.1) is 23.7 Å². The fourth-order valence-corrected chi connectivity index (χ4v) is 6.58. The van der Waals surface area contributed by atoms with E-state index in [1.165, 1.54) is 20.8 Å². The van der Waals surface area contributed by atoms with Gasteiger partial charge in [-0.1, -0.05) is 68.2 Å². The van der Waals surface area contributed by atoms with Gasteiger partial charge >= 0.3 is 11.9 Å². The molecule has 11 atom stereocenters. The summed E-state index contributed by atoms with van der Waals surface area (Å²) < 4.78 is 0. The van der Waals surface area contributed by atoms with Crippen molar-refractivity contribution in [2.45, 2.75) is 176 Å². The Balaban J connectivity index is 5.78. The summed E-state index contributed by atoms with van der Waals surface area (Å²) in [5.74, 6) is -11.7. The molecule has 0 spiro atoms. The number of carbonyl (C=O) groups excluding carboxylic acids is 10. The van der Waals surface area contributed by atoms with Gasteiger partial charge in [0.1, 0.15) is 48.3 Å². The fraction of sp³-hybridized carbons (Fsp3) is 0.733. The van der Waals surface area contributed by atoms with Gasteiger partial charge in [0.2, 0.25) is 59.1 Å². The van der Waals surface area contributed by atoms with Crippen molar-refractivity contribution in [2.24, 2.45) is 23.7 Å². The predicted octanol–water partition coefficient (Wildman–Crippen LogP) is -2.33. The average molecular weight is 999 g/mol. The van der Waals surface area contributed by atoms with Gasteiger partial charge in [-0.15, -0.1) is 0 Å². The van der Waals surface area contributed by atoms with E-state index in [9.17, 15) is 67.7 Å². The van der Waals surface area contributed by atoms with Crippen LogP contribution < -0.4 is 53.2 Å². The van der Waals surface area contributed by atoms with Crippen LogP contribution >= 0.6 is 0 Å². The summed E-state index contributed by atoms with van der Waals surface area (Å²) in [4.78, 5) is 153. The number of aliphatic hydroxyl groups is 1. The van der Waals surface area contributed by atoms with Crippen molar-refractivity contribution < 1.29 is 72.9 Å². The lowest BCUT2D eigenvalue weighted by Crippen LogP contribution is -2.61. The first-order chi connectivity index (χ1) is 32.4. The van der Waals surface area contributed by atoms with Gasteiger partial charge in [0.15, 0.2) is 0 Å². The highest BCUT2D eigenvalue weighted by molar-refractivity contribution is 5.97. The van der Waals surface area contributed by atoms with E-state index in [0.717, 1.165) is 6.92 Å². The summed E-state index contributed by atoms with van der Waals surface area (Å²) in [6.07, 6.45) is -1.16. The number of hydrogen-bond donors (Lipinski definition) is 13. The van der Waals surface area contributed by atoms with Crippen molar-refractivity contribution in [2.75, 3.05) is 13.1 Å². The lowest BCUT2D eigenvalue weighted by Gasteiger charge is -2.29. The topological polar surface area (TPSA) is 386 Å². The Morgan fingerprint density at radius 3 is 1.26 bits per heavy atom. The lowest BCUT2D eigenvalue weighted by molar-refractivity contribution is -0.142.